The van der Waals surface area contributed by atoms with Crippen molar-refractivity contribution >= 4 is 0 Å². The van der Waals surface area contributed by atoms with E-state index in [1.807, 2.05) is 16.9 Å². The van der Waals surface area contributed by atoms with Crippen LogP contribution in [0.15, 0.2) is 30.5 Å². The molecule has 1 saturated heterocycles. The number of rotatable bonds is 5. The molecule has 0 bridgehead atoms. The lowest BCUT2D eigenvalue weighted by Crippen LogP contribution is -2.43. The lowest BCUT2D eigenvalue weighted by Gasteiger charge is -2.37. The first-order chi connectivity index (χ1) is 9.65. The fourth-order valence-corrected chi connectivity index (χ4v) is 2.15. The quantitative estimate of drug-likeness (QED) is 0.897. The summed E-state index contributed by atoms with van der Waals surface area (Å²) >= 11 is 0. The van der Waals surface area contributed by atoms with Crippen molar-refractivity contribution in [3.05, 3.63) is 36.2 Å². The molecule has 3 rings (SSSR count). The van der Waals surface area contributed by atoms with Gasteiger partial charge in [0.15, 0.2) is 11.5 Å². The summed E-state index contributed by atoms with van der Waals surface area (Å²) < 4.78 is 12.5. The standard InChI is InChI=1S/C14H17N3O3/c1-14(9-19-10-14)8-17-6-11(15-16-17)7-20-13-5-3-2-4-12(13)18/h2-6,18H,7-10H2,1H3. The Balaban J connectivity index is 1.59. The Hall–Kier alpha value is -2.08. The molecule has 20 heavy (non-hydrogen) atoms. The van der Waals surface area contributed by atoms with Crippen molar-refractivity contribution in [3.63, 3.8) is 0 Å². The van der Waals surface area contributed by atoms with E-state index in [1.165, 1.54) is 0 Å². The fourth-order valence-electron chi connectivity index (χ4n) is 2.15. The van der Waals surface area contributed by atoms with Crippen LogP contribution in [0.25, 0.3) is 0 Å². The molecule has 0 amide bonds. The van der Waals surface area contributed by atoms with Crippen LogP contribution in [0.1, 0.15) is 12.6 Å². The highest BCUT2D eigenvalue weighted by molar-refractivity contribution is 5.37. The maximum atomic E-state index is 9.61. The molecule has 0 radical (unpaired) electrons. The summed E-state index contributed by atoms with van der Waals surface area (Å²) in [5, 5.41) is 17.8. The average molecular weight is 275 g/mol. The zero-order valence-electron chi connectivity index (χ0n) is 11.3. The van der Waals surface area contributed by atoms with Crippen LogP contribution < -0.4 is 4.74 Å². The summed E-state index contributed by atoms with van der Waals surface area (Å²) in [7, 11) is 0. The van der Waals surface area contributed by atoms with Crippen LogP contribution in [0, 0.1) is 5.41 Å². The summed E-state index contributed by atoms with van der Waals surface area (Å²) in [5.41, 5.74) is 0.890. The van der Waals surface area contributed by atoms with Gasteiger partial charge in [-0.3, -0.25) is 4.68 Å². The third kappa shape index (κ3) is 2.75. The molecule has 1 aromatic carbocycles. The Kier molecular flexibility index (Phi) is 3.31. The van der Waals surface area contributed by atoms with Gasteiger partial charge in [0.05, 0.1) is 26.0 Å². The molecule has 106 valence electrons. The second-order valence-electron chi connectivity index (χ2n) is 5.47. The van der Waals surface area contributed by atoms with Gasteiger partial charge >= 0.3 is 0 Å². The van der Waals surface area contributed by atoms with Gasteiger partial charge in [0.1, 0.15) is 12.3 Å². The van der Waals surface area contributed by atoms with Gasteiger partial charge in [0.25, 0.3) is 0 Å². The van der Waals surface area contributed by atoms with Gasteiger partial charge < -0.3 is 14.6 Å². The Labute approximate surface area is 116 Å². The molecule has 1 aliphatic rings. The summed E-state index contributed by atoms with van der Waals surface area (Å²) in [4.78, 5) is 0. The highest BCUT2D eigenvalue weighted by Crippen LogP contribution is 2.28. The van der Waals surface area contributed by atoms with Crippen molar-refractivity contribution in [3.8, 4) is 11.5 Å². The van der Waals surface area contributed by atoms with Gasteiger partial charge in [-0.1, -0.05) is 24.3 Å². The average Bonchev–Trinajstić information content (AvgIpc) is 2.83. The van der Waals surface area contributed by atoms with Crippen LogP contribution in [0.2, 0.25) is 0 Å². The second kappa shape index (κ2) is 5.13. The zero-order valence-corrected chi connectivity index (χ0v) is 11.3. The lowest BCUT2D eigenvalue weighted by molar-refractivity contribution is -0.111. The first-order valence-electron chi connectivity index (χ1n) is 6.52. The molecule has 2 heterocycles. The molecule has 0 saturated carbocycles. The minimum atomic E-state index is 0.124. The number of benzene rings is 1. The minimum absolute atomic E-state index is 0.124. The number of aromatic nitrogens is 3. The normalized spacial score (nSPS) is 16.6. The molecule has 1 N–H and O–H groups in total. The number of phenols is 1. The van der Waals surface area contributed by atoms with Gasteiger partial charge in [-0.2, -0.15) is 0 Å². The van der Waals surface area contributed by atoms with Crippen molar-refractivity contribution in [2.75, 3.05) is 13.2 Å². The third-order valence-corrected chi connectivity index (χ3v) is 3.27. The molecule has 0 spiro atoms. The van der Waals surface area contributed by atoms with E-state index in [-0.39, 0.29) is 17.8 Å². The van der Waals surface area contributed by atoms with E-state index in [2.05, 4.69) is 17.2 Å². The van der Waals surface area contributed by atoms with Crippen molar-refractivity contribution in [1.29, 1.82) is 0 Å². The van der Waals surface area contributed by atoms with E-state index in [1.54, 1.807) is 18.2 Å². The van der Waals surface area contributed by atoms with Crippen LogP contribution in [-0.4, -0.2) is 33.3 Å². The van der Waals surface area contributed by atoms with Crippen molar-refractivity contribution in [2.45, 2.75) is 20.1 Å². The van der Waals surface area contributed by atoms with E-state index in [9.17, 15) is 5.11 Å². The molecular formula is C14H17N3O3. The number of hydrogen-bond donors (Lipinski definition) is 1. The molecule has 6 nitrogen and oxygen atoms in total. The van der Waals surface area contributed by atoms with E-state index >= 15 is 0 Å². The molecule has 2 aromatic rings. The Morgan fingerprint density at radius 1 is 1.40 bits per heavy atom. The number of ether oxygens (including phenoxy) is 2. The van der Waals surface area contributed by atoms with Crippen LogP contribution >= 0.6 is 0 Å². The summed E-state index contributed by atoms with van der Waals surface area (Å²) in [5.74, 6) is 0.570. The Morgan fingerprint density at radius 2 is 2.20 bits per heavy atom. The van der Waals surface area contributed by atoms with E-state index < -0.39 is 0 Å². The highest BCUT2D eigenvalue weighted by atomic mass is 16.5. The third-order valence-electron chi connectivity index (χ3n) is 3.27. The van der Waals surface area contributed by atoms with Crippen molar-refractivity contribution < 1.29 is 14.6 Å². The fraction of sp³-hybridized carbons (Fsp3) is 0.429. The first-order valence-corrected chi connectivity index (χ1v) is 6.52. The predicted octanol–water partition coefficient (Wildman–Crippen LogP) is 1.60. The van der Waals surface area contributed by atoms with Crippen molar-refractivity contribution in [1.82, 2.24) is 15.0 Å². The number of aromatic hydroxyl groups is 1. The predicted molar refractivity (Wildman–Crippen MR) is 71.4 cm³/mol. The largest absolute Gasteiger partial charge is 0.504 e. The van der Waals surface area contributed by atoms with Crippen LogP contribution in [0.5, 0.6) is 11.5 Å². The van der Waals surface area contributed by atoms with Gasteiger partial charge in [0, 0.05) is 5.41 Å². The topological polar surface area (TPSA) is 69.4 Å². The summed E-state index contributed by atoms with van der Waals surface area (Å²) in [6.07, 6.45) is 1.86. The van der Waals surface area contributed by atoms with Gasteiger partial charge in [-0.05, 0) is 12.1 Å². The Bertz CT molecular complexity index is 593. The number of nitrogens with zero attached hydrogens (tertiary/aromatic N) is 3. The van der Waals surface area contributed by atoms with E-state index in [0.717, 1.165) is 25.5 Å². The van der Waals surface area contributed by atoms with Gasteiger partial charge in [-0.25, -0.2) is 0 Å². The SMILES string of the molecule is CC1(Cn2cc(COc3ccccc3O)nn2)COC1. The molecule has 0 atom stereocenters. The van der Waals surface area contributed by atoms with Gasteiger partial charge in [0.2, 0.25) is 0 Å². The first kappa shape index (κ1) is 12.9. The molecule has 1 aliphatic heterocycles. The maximum Gasteiger partial charge on any atom is 0.161 e. The Morgan fingerprint density at radius 3 is 2.90 bits per heavy atom. The smallest absolute Gasteiger partial charge is 0.161 e. The van der Waals surface area contributed by atoms with E-state index in [4.69, 9.17) is 9.47 Å². The number of hydrogen-bond acceptors (Lipinski definition) is 5. The monoisotopic (exact) mass is 275 g/mol. The molecule has 1 aromatic heterocycles. The molecule has 0 unspecified atom stereocenters. The molecule has 1 fully saturated rings. The minimum Gasteiger partial charge on any atom is -0.504 e. The molecular weight excluding hydrogens is 258 g/mol. The van der Waals surface area contributed by atoms with E-state index in [0.29, 0.717) is 5.75 Å². The maximum absolute atomic E-state index is 9.61. The number of para-hydroxylation sites is 2. The summed E-state index contributed by atoms with van der Waals surface area (Å²) in [6, 6.07) is 6.86. The van der Waals surface area contributed by atoms with Gasteiger partial charge in [-0.15, -0.1) is 5.10 Å². The lowest BCUT2D eigenvalue weighted by atomic mass is 9.89. The zero-order chi connectivity index (χ0) is 14.0. The molecule has 0 aliphatic carbocycles. The van der Waals surface area contributed by atoms with Crippen molar-refractivity contribution in [2.24, 2.45) is 5.41 Å². The second-order valence-corrected chi connectivity index (χ2v) is 5.47. The highest BCUT2D eigenvalue weighted by Gasteiger charge is 2.34. The van der Waals surface area contributed by atoms with Crippen LogP contribution in [0.4, 0.5) is 0 Å². The van der Waals surface area contributed by atoms with Crippen LogP contribution in [0.3, 0.4) is 0 Å². The summed E-state index contributed by atoms with van der Waals surface area (Å²) in [6.45, 7) is 4.75. The van der Waals surface area contributed by atoms with Crippen LogP contribution in [-0.2, 0) is 17.9 Å². The molecule has 6 heteroatoms. The number of phenolic OH excluding ortho intramolecular Hbond substituents is 1.